The zero-order valence-electron chi connectivity index (χ0n) is 13.2. The number of hydrogen-bond acceptors (Lipinski definition) is 2. The lowest BCUT2D eigenvalue weighted by atomic mass is 10.1. The fourth-order valence-electron chi connectivity index (χ4n) is 2.88. The van der Waals surface area contributed by atoms with Gasteiger partial charge in [-0.15, -0.1) is 0 Å². The quantitative estimate of drug-likeness (QED) is 0.899. The van der Waals surface area contributed by atoms with Gasteiger partial charge in [0.2, 0.25) is 0 Å². The lowest BCUT2D eigenvalue weighted by molar-refractivity contribution is 0.0938. The van der Waals surface area contributed by atoms with E-state index in [-0.39, 0.29) is 23.7 Å². The van der Waals surface area contributed by atoms with Gasteiger partial charge in [-0.3, -0.25) is 9.59 Å². The van der Waals surface area contributed by atoms with Crippen molar-refractivity contribution in [1.82, 2.24) is 5.32 Å². The maximum absolute atomic E-state index is 12.9. The molecule has 2 amide bonds. The fourth-order valence-corrected chi connectivity index (χ4v) is 2.88. The third-order valence-electron chi connectivity index (χ3n) is 4.18. The van der Waals surface area contributed by atoms with Crippen LogP contribution in [0.5, 0.6) is 0 Å². The highest BCUT2D eigenvalue weighted by atomic mass is 19.1. The van der Waals surface area contributed by atoms with Crippen LogP contribution >= 0.6 is 0 Å². The highest BCUT2D eigenvalue weighted by Gasteiger charge is 2.18. The van der Waals surface area contributed by atoms with E-state index in [9.17, 15) is 14.0 Å². The Labute approximate surface area is 140 Å². The van der Waals surface area contributed by atoms with Crippen molar-refractivity contribution in [2.75, 3.05) is 5.32 Å². The van der Waals surface area contributed by atoms with E-state index in [4.69, 9.17) is 0 Å². The molecule has 3 rings (SSSR count). The second-order valence-electron chi connectivity index (χ2n) is 6.00. The minimum absolute atomic E-state index is 0.154. The number of anilines is 1. The molecule has 2 aromatic rings. The molecule has 5 heteroatoms. The number of amides is 2. The van der Waals surface area contributed by atoms with Crippen molar-refractivity contribution >= 4 is 17.5 Å². The minimum Gasteiger partial charge on any atom is -0.349 e. The number of benzene rings is 2. The molecule has 0 saturated heterocycles. The summed E-state index contributed by atoms with van der Waals surface area (Å²) in [5.41, 5.74) is 1.36. The Morgan fingerprint density at radius 1 is 0.917 bits per heavy atom. The average Bonchev–Trinajstić information content (AvgIpc) is 3.10. The number of rotatable bonds is 4. The van der Waals surface area contributed by atoms with Gasteiger partial charge in [-0.1, -0.05) is 18.9 Å². The molecule has 0 spiro atoms. The van der Waals surface area contributed by atoms with Crippen molar-refractivity contribution in [2.24, 2.45) is 0 Å². The lowest BCUT2D eigenvalue weighted by Crippen LogP contribution is -2.32. The second kappa shape index (κ2) is 7.25. The lowest BCUT2D eigenvalue weighted by Gasteiger charge is -2.12. The van der Waals surface area contributed by atoms with Crippen molar-refractivity contribution in [3.63, 3.8) is 0 Å². The Morgan fingerprint density at radius 2 is 1.54 bits per heavy atom. The van der Waals surface area contributed by atoms with Gasteiger partial charge in [-0.05, 0) is 55.3 Å². The Kier molecular flexibility index (Phi) is 4.89. The third-order valence-corrected chi connectivity index (χ3v) is 4.18. The number of nitrogens with one attached hydrogen (secondary N) is 2. The minimum atomic E-state index is -0.362. The molecule has 2 aromatic carbocycles. The predicted octanol–water partition coefficient (Wildman–Crippen LogP) is 3.75. The molecule has 4 nitrogen and oxygen atoms in total. The largest absolute Gasteiger partial charge is 0.349 e. The van der Waals surface area contributed by atoms with Crippen LogP contribution < -0.4 is 10.6 Å². The average molecular weight is 326 g/mol. The molecular weight excluding hydrogens is 307 g/mol. The van der Waals surface area contributed by atoms with Gasteiger partial charge in [0, 0.05) is 22.9 Å². The summed E-state index contributed by atoms with van der Waals surface area (Å²) in [4.78, 5) is 24.6. The molecular formula is C19H19FN2O2. The first kappa shape index (κ1) is 16.2. The molecule has 1 aliphatic carbocycles. The normalized spacial score (nSPS) is 14.4. The van der Waals surface area contributed by atoms with E-state index in [1.165, 1.54) is 24.3 Å². The summed E-state index contributed by atoms with van der Waals surface area (Å²) in [6, 6.07) is 12.4. The molecule has 0 unspecified atom stereocenters. The van der Waals surface area contributed by atoms with Crippen molar-refractivity contribution in [2.45, 2.75) is 31.7 Å². The van der Waals surface area contributed by atoms with Crippen LogP contribution in [-0.2, 0) is 0 Å². The molecule has 0 radical (unpaired) electrons. The number of hydrogen-bond donors (Lipinski definition) is 2. The monoisotopic (exact) mass is 326 g/mol. The van der Waals surface area contributed by atoms with Crippen LogP contribution in [0.25, 0.3) is 0 Å². The molecule has 0 bridgehead atoms. The van der Waals surface area contributed by atoms with Crippen molar-refractivity contribution in [1.29, 1.82) is 0 Å². The summed E-state index contributed by atoms with van der Waals surface area (Å²) < 4.78 is 12.9. The number of carbonyl (C=O) groups excluding carboxylic acids is 2. The standard InChI is InChI=1S/C19H19FN2O2/c20-15-8-10-17(11-9-15)22-19(24)14-5-3-4-13(12-14)18(23)21-16-6-1-2-7-16/h3-5,8-12,16H,1-2,6-7H2,(H,21,23)(H,22,24). The van der Waals surface area contributed by atoms with E-state index >= 15 is 0 Å². The first-order valence-electron chi connectivity index (χ1n) is 8.10. The van der Waals surface area contributed by atoms with Gasteiger partial charge in [0.15, 0.2) is 0 Å². The third kappa shape index (κ3) is 3.98. The molecule has 124 valence electrons. The smallest absolute Gasteiger partial charge is 0.255 e. The summed E-state index contributed by atoms with van der Waals surface area (Å²) in [6.45, 7) is 0. The SMILES string of the molecule is O=C(Nc1ccc(F)cc1)c1cccc(C(=O)NC2CCCC2)c1. The molecule has 0 atom stereocenters. The summed E-state index contributed by atoms with van der Waals surface area (Å²) >= 11 is 0. The van der Waals surface area contributed by atoms with E-state index < -0.39 is 0 Å². The van der Waals surface area contributed by atoms with Crippen LogP contribution in [0.4, 0.5) is 10.1 Å². The Bertz CT molecular complexity index is 737. The van der Waals surface area contributed by atoms with Gasteiger partial charge in [-0.25, -0.2) is 4.39 Å². The van der Waals surface area contributed by atoms with Crippen LogP contribution in [0, 0.1) is 5.82 Å². The summed E-state index contributed by atoms with van der Waals surface area (Å²) in [5, 5.41) is 5.69. The zero-order valence-corrected chi connectivity index (χ0v) is 13.2. The molecule has 1 saturated carbocycles. The Morgan fingerprint density at radius 3 is 2.21 bits per heavy atom. The summed E-state index contributed by atoms with van der Waals surface area (Å²) in [5.74, 6) is -0.853. The molecule has 0 heterocycles. The highest BCUT2D eigenvalue weighted by molar-refractivity contribution is 6.06. The van der Waals surface area contributed by atoms with E-state index in [1.54, 1.807) is 24.3 Å². The maximum atomic E-state index is 12.9. The first-order valence-corrected chi connectivity index (χ1v) is 8.10. The van der Waals surface area contributed by atoms with Crippen molar-refractivity contribution < 1.29 is 14.0 Å². The Hall–Kier alpha value is -2.69. The second-order valence-corrected chi connectivity index (χ2v) is 6.00. The number of halogens is 1. The van der Waals surface area contributed by atoms with Crippen LogP contribution in [0.2, 0.25) is 0 Å². The molecule has 0 aliphatic heterocycles. The van der Waals surface area contributed by atoms with Gasteiger partial charge < -0.3 is 10.6 Å². The summed E-state index contributed by atoms with van der Waals surface area (Å²) in [6.07, 6.45) is 4.31. The van der Waals surface area contributed by atoms with Crippen LogP contribution in [-0.4, -0.2) is 17.9 Å². The topological polar surface area (TPSA) is 58.2 Å². The number of carbonyl (C=O) groups is 2. The molecule has 1 aliphatic rings. The molecule has 0 aromatic heterocycles. The summed E-state index contributed by atoms with van der Waals surface area (Å²) in [7, 11) is 0. The molecule has 1 fully saturated rings. The van der Waals surface area contributed by atoms with Crippen molar-refractivity contribution in [3.8, 4) is 0 Å². The van der Waals surface area contributed by atoms with Crippen LogP contribution in [0.3, 0.4) is 0 Å². The van der Waals surface area contributed by atoms with Gasteiger partial charge in [-0.2, -0.15) is 0 Å². The predicted molar refractivity (Wildman–Crippen MR) is 90.5 cm³/mol. The van der Waals surface area contributed by atoms with Gasteiger partial charge in [0.25, 0.3) is 11.8 Å². The molecule has 2 N–H and O–H groups in total. The molecule has 24 heavy (non-hydrogen) atoms. The van der Waals surface area contributed by atoms with E-state index in [0.717, 1.165) is 25.7 Å². The fraction of sp³-hybridized carbons (Fsp3) is 0.263. The van der Waals surface area contributed by atoms with Crippen LogP contribution in [0.1, 0.15) is 46.4 Å². The van der Waals surface area contributed by atoms with E-state index in [1.807, 2.05) is 0 Å². The van der Waals surface area contributed by atoms with Gasteiger partial charge in [0.05, 0.1) is 0 Å². The first-order chi connectivity index (χ1) is 11.6. The van der Waals surface area contributed by atoms with E-state index in [0.29, 0.717) is 16.8 Å². The zero-order chi connectivity index (χ0) is 16.9. The van der Waals surface area contributed by atoms with Gasteiger partial charge >= 0.3 is 0 Å². The maximum Gasteiger partial charge on any atom is 0.255 e. The van der Waals surface area contributed by atoms with E-state index in [2.05, 4.69) is 10.6 Å². The van der Waals surface area contributed by atoms with Gasteiger partial charge in [0.1, 0.15) is 5.82 Å². The highest BCUT2D eigenvalue weighted by Crippen LogP contribution is 2.18. The van der Waals surface area contributed by atoms with Crippen molar-refractivity contribution in [3.05, 3.63) is 65.5 Å². The Balaban J connectivity index is 1.68. The van der Waals surface area contributed by atoms with Crippen LogP contribution in [0.15, 0.2) is 48.5 Å².